The Labute approximate surface area is 197 Å². The molecule has 6 heteroatoms. The minimum Gasteiger partial charge on any atom is -0.366 e. The van der Waals surface area contributed by atoms with Crippen molar-refractivity contribution in [3.05, 3.63) is 53.9 Å². The molecule has 2 aromatic rings. The minimum atomic E-state index is -0.443. The van der Waals surface area contributed by atoms with Crippen LogP contribution >= 0.6 is 0 Å². The first kappa shape index (κ1) is 23.4. The number of hydrogen-bond donors (Lipinski definition) is 2. The highest BCUT2D eigenvalue weighted by Crippen LogP contribution is 2.37. The van der Waals surface area contributed by atoms with Gasteiger partial charge >= 0.3 is 0 Å². The van der Waals surface area contributed by atoms with Crippen LogP contribution in [-0.2, 0) is 4.79 Å². The molecule has 0 radical (unpaired) electrons. The van der Waals surface area contributed by atoms with E-state index < -0.39 is 5.91 Å². The zero-order valence-electron chi connectivity index (χ0n) is 20.2. The van der Waals surface area contributed by atoms with E-state index in [0.717, 1.165) is 49.0 Å². The average molecular weight is 449 g/mol. The van der Waals surface area contributed by atoms with Gasteiger partial charge in [-0.3, -0.25) is 14.6 Å². The van der Waals surface area contributed by atoms with Crippen LogP contribution in [0.2, 0.25) is 0 Å². The summed E-state index contributed by atoms with van der Waals surface area (Å²) in [5.41, 5.74) is 8.74. The van der Waals surface area contributed by atoms with Gasteiger partial charge in [0.15, 0.2) is 0 Å². The number of piperidine rings is 1. The van der Waals surface area contributed by atoms with E-state index in [1.807, 2.05) is 35.4 Å². The molecule has 0 aliphatic carbocycles. The smallest absolute Gasteiger partial charge is 0.248 e. The van der Waals surface area contributed by atoms with Gasteiger partial charge in [0.25, 0.3) is 0 Å². The van der Waals surface area contributed by atoms with E-state index in [9.17, 15) is 9.59 Å². The van der Waals surface area contributed by atoms with Crippen LogP contribution in [0.15, 0.2) is 42.6 Å². The maximum absolute atomic E-state index is 13.3. The van der Waals surface area contributed by atoms with Crippen LogP contribution in [0.25, 0.3) is 11.1 Å². The quantitative estimate of drug-likeness (QED) is 0.707. The van der Waals surface area contributed by atoms with E-state index in [-0.39, 0.29) is 23.0 Å². The Morgan fingerprint density at radius 1 is 1.09 bits per heavy atom. The molecule has 0 saturated carbocycles. The number of primary amides is 1. The second kappa shape index (κ2) is 8.90. The summed E-state index contributed by atoms with van der Waals surface area (Å²) in [5.74, 6) is 0.191. The first-order chi connectivity index (χ1) is 15.5. The zero-order chi connectivity index (χ0) is 23.8. The topological polar surface area (TPSA) is 88.3 Å². The van der Waals surface area contributed by atoms with Crippen molar-refractivity contribution in [1.29, 1.82) is 0 Å². The number of likely N-dealkylation sites (tertiary alicyclic amines) is 1. The molecule has 0 bridgehead atoms. The zero-order valence-corrected chi connectivity index (χ0v) is 20.2. The second-order valence-electron chi connectivity index (χ2n) is 11.0. The number of aromatic nitrogens is 1. The minimum absolute atomic E-state index is 0.0336. The summed E-state index contributed by atoms with van der Waals surface area (Å²) in [4.78, 5) is 31.6. The van der Waals surface area contributed by atoms with Gasteiger partial charge in [-0.25, -0.2) is 0 Å². The average Bonchev–Trinajstić information content (AvgIpc) is 3.22. The summed E-state index contributed by atoms with van der Waals surface area (Å²) in [6, 6.07) is 11.3. The molecule has 1 aromatic heterocycles. The van der Waals surface area contributed by atoms with Gasteiger partial charge in [0.1, 0.15) is 0 Å². The van der Waals surface area contributed by atoms with Gasteiger partial charge in [-0.1, -0.05) is 18.2 Å². The van der Waals surface area contributed by atoms with E-state index in [4.69, 9.17) is 10.7 Å². The molecule has 176 valence electrons. The summed E-state index contributed by atoms with van der Waals surface area (Å²) in [6.07, 6.45) is 6.40. The number of hydrogen-bond acceptors (Lipinski definition) is 4. The number of carbonyl (C=O) groups excluding carboxylic acids is 2. The fourth-order valence-electron chi connectivity index (χ4n) is 6.04. The number of nitrogens with zero attached hydrogens (tertiary/aromatic N) is 2. The number of pyridine rings is 1. The van der Waals surface area contributed by atoms with Crippen molar-refractivity contribution in [1.82, 2.24) is 15.2 Å². The second-order valence-corrected chi connectivity index (χ2v) is 11.0. The van der Waals surface area contributed by atoms with Crippen molar-refractivity contribution >= 4 is 11.8 Å². The van der Waals surface area contributed by atoms with Crippen molar-refractivity contribution in [2.24, 2.45) is 11.7 Å². The highest BCUT2D eigenvalue weighted by Gasteiger charge is 2.40. The maximum Gasteiger partial charge on any atom is 0.248 e. The predicted molar refractivity (Wildman–Crippen MR) is 131 cm³/mol. The van der Waals surface area contributed by atoms with Crippen LogP contribution in [0.1, 0.15) is 81.9 Å². The summed E-state index contributed by atoms with van der Waals surface area (Å²) >= 11 is 0. The largest absolute Gasteiger partial charge is 0.366 e. The molecule has 0 unspecified atom stereocenters. The lowest BCUT2D eigenvalue weighted by Crippen LogP contribution is -2.58. The summed E-state index contributed by atoms with van der Waals surface area (Å²) < 4.78 is 0. The van der Waals surface area contributed by atoms with Gasteiger partial charge in [-0.2, -0.15) is 0 Å². The van der Waals surface area contributed by atoms with E-state index in [0.29, 0.717) is 17.9 Å². The van der Waals surface area contributed by atoms with Gasteiger partial charge < -0.3 is 16.0 Å². The molecule has 6 nitrogen and oxygen atoms in total. The van der Waals surface area contributed by atoms with Crippen molar-refractivity contribution in [2.75, 3.05) is 6.54 Å². The molecular weight excluding hydrogens is 412 g/mol. The lowest BCUT2D eigenvalue weighted by atomic mass is 9.74. The van der Waals surface area contributed by atoms with Crippen molar-refractivity contribution in [3.8, 4) is 11.1 Å². The van der Waals surface area contributed by atoms with Crippen LogP contribution in [0.5, 0.6) is 0 Å². The third kappa shape index (κ3) is 5.44. The van der Waals surface area contributed by atoms with Crippen LogP contribution < -0.4 is 11.1 Å². The fourth-order valence-corrected chi connectivity index (χ4v) is 6.04. The van der Waals surface area contributed by atoms with Crippen molar-refractivity contribution < 1.29 is 9.59 Å². The number of carbonyl (C=O) groups is 2. The van der Waals surface area contributed by atoms with Gasteiger partial charge in [0, 0.05) is 41.4 Å². The monoisotopic (exact) mass is 448 g/mol. The maximum atomic E-state index is 13.3. The Kier molecular flexibility index (Phi) is 6.32. The van der Waals surface area contributed by atoms with E-state index >= 15 is 0 Å². The highest BCUT2D eigenvalue weighted by molar-refractivity contribution is 5.94. The molecule has 1 atom stereocenters. The SMILES string of the molecule is CC1(C)CC(CC(=O)N2CCC[C@H]2c2ccc(-c3cccc(C(N)=O)c3)cn2)CC(C)(C)N1. The Hall–Kier alpha value is -2.73. The Bertz CT molecular complexity index is 1010. The van der Waals surface area contributed by atoms with Crippen LogP contribution in [0.3, 0.4) is 0 Å². The lowest BCUT2D eigenvalue weighted by molar-refractivity contribution is -0.133. The third-order valence-electron chi connectivity index (χ3n) is 6.92. The fraction of sp³-hybridized carbons (Fsp3) is 0.519. The first-order valence-electron chi connectivity index (χ1n) is 12.0. The Balaban J connectivity index is 1.46. The molecule has 2 amide bonds. The molecule has 33 heavy (non-hydrogen) atoms. The standard InChI is InChI=1S/C27H36N4O2/c1-26(2)15-18(16-27(3,4)30-26)13-24(32)31-12-6-9-23(31)22-11-10-21(17-29-22)19-7-5-8-20(14-19)25(28)33/h5,7-8,10-11,14,17-18,23,30H,6,9,12-13,15-16H2,1-4H3,(H2,28,33)/t23-/m0/s1. The van der Waals surface area contributed by atoms with Gasteiger partial charge in [-0.15, -0.1) is 0 Å². The Morgan fingerprint density at radius 3 is 2.45 bits per heavy atom. The van der Waals surface area contributed by atoms with Crippen LogP contribution in [0.4, 0.5) is 0 Å². The van der Waals surface area contributed by atoms with Crippen molar-refractivity contribution in [2.45, 2.75) is 76.9 Å². The van der Waals surface area contributed by atoms with Gasteiger partial charge in [0.05, 0.1) is 11.7 Å². The van der Waals surface area contributed by atoms with Gasteiger partial charge in [0.2, 0.25) is 11.8 Å². The normalized spacial score (nSPS) is 22.3. The molecule has 2 fully saturated rings. The first-order valence-corrected chi connectivity index (χ1v) is 12.0. The number of benzene rings is 1. The number of nitrogens with two attached hydrogens (primary N) is 1. The molecule has 2 aliphatic heterocycles. The number of rotatable bonds is 5. The van der Waals surface area contributed by atoms with Gasteiger partial charge in [-0.05, 0) is 83.1 Å². The highest BCUT2D eigenvalue weighted by atomic mass is 16.2. The van der Waals surface area contributed by atoms with Crippen LogP contribution in [-0.4, -0.2) is 39.3 Å². The number of nitrogens with one attached hydrogen (secondary N) is 1. The molecule has 3 heterocycles. The Morgan fingerprint density at radius 2 is 1.82 bits per heavy atom. The summed E-state index contributed by atoms with van der Waals surface area (Å²) in [7, 11) is 0. The molecule has 3 N–H and O–H groups in total. The molecule has 1 aromatic carbocycles. The lowest BCUT2D eigenvalue weighted by Gasteiger charge is -2.46. The van der Waals surface area contributed by atoms with Crippen LogP contribution in [0, 0.1) is 5.92 Å². The molecule has 4 rings (SSSR count). The van der Waals surface area contributed by atoms with E-state index in [2.05, 4.69) is 33.0 Å². The summed E-state index contributed by atoms with van der Waals surface area (Å²) in [6.45, 7) is 9.72. The predicted octanol–water partition coefficient (Wildman–Crippen LogP) is 4.46. The van der Waals surface area contributed by atoms with E-state index in [1.165, 1.54) is 0 Å². The molecule has 0 spiro atoms. The number of amides is 2. The molecule has 2 aliphatic rings. The molecular formula is C27H36N4O2. The summed E-state index contributed by atoms with van der Waals surface area (Å²) in [5, 5.41) is 3.71. The third-order valence-corrected chi connectivity index (χ3v) is 6.92. The van der Waals surface area contributed by atoms with Crippen molar-refractivity contribution in [3.63, 3.8) is 0 Å². The molecule has 2 saturated heterocycles. The van der Waals surface area contributed by atoms with E-state index in [1.54, 1.807) is 12.1 Å².